The molecule has 72 heavy (non-hydrogen) atoms. The van der Waals surface area contributed by atoms with Crippen LogP contribution in [0.5, 0.6) is 0 Å². The fourth-order valence-corrected chi connectivity index (χ4v) is 8.38. The van der Waals surface area contributed by atoms with Crippen LogP contribution in [0.15, 0.2) is 128 Å². The molecule has 0 aliphatic carbocycles. The summed E-state index contributed by atoms with van der Waals surface area (Å²) in [7, 11) is 1.45. The first-order chi connectivity index (χ1) is 34.9. The quantitative estimate of drug-likeness (QED) is 0.210. The molecule has 0 radical (unpaired) electrons. The van der Waals surface area contributed by atoms with E-state index in [0.29, 0.717) is 34.9 Å². The summed E-state index contributed by atoms with van der Waals surface area (Å²) < 4.78 is 6.88. The van der Waals surface area contributed by atoms with Gasteiger partial charge in [-0.05, 0) is 61.4 Å². The first-order valence-corrected chi connectivity index (χ1v) is 23.8. The maximum Gasteiger partial charge on any atom is 0.247 e. The van der Waals surface area contributed by atoms with Gasteiger partial charge in [-0.3, -0.25) is 43.0 Å². The van der Waals surface area contributed by atoms with Crippen LogP contribution in [0.2, 0.25) is 0 Å². The maximum absolute atomic E-state index is 14.9. The number of aryl methyl sites for hydroxylation is 1. The number of rotatable bonds is 9. The molecule has 2 aliphatic rings. The zero-order valence-electron chi connectivity index (χ0n) is 40.5. The molecular formula is C52H59N11O9. The molecule has 4 aromatic carbocycles. The molecule has 7 rings (SSSR count). The van der Waals surface area contributed by atoms with E-state index in [9.17, 15) is 38.4 Å². The van der Waals surface area contributed by atoms with Gasteiger partial charge < -0.3 is 43.9 Å². The van der Waals surface area contributed by atoms with Crippen LogP contribution in [0, 0.1) is 0 Å². The highest BCUT2D eigenvalue weighted by Gasteiger charge is 2.34. The van der Waals surface area contributed by atoms with Crippen molar-refractivity contribution in [2.24, 2.45) is 0 Å². The Kier molecular flexibility index (Phi) is 17.9. The number of methoxy groups -OCH3 is 1. The third-order valence-electron chi connectivity index (χ3n) is 12.2. The first-order valence-electron chi connectivity index (χ1n) is 23.8. The second-order valence-electron chi connectivity index (χ2n) is 17.3. The summed E-state index contributed by atoms with van der Waals surface area (Å²) in [6.45, 7) is -2.38. The summed E-state index contributed by atoms with van der Waals surface area (Å²) in [4.78, 5) is 128. The van der Waals surface area contributed by atoms with Crippen LogP contribution in [0.25, 0.3) is 0 Å². The van der Waals surface area contributed by atoms with Crippen molar-refractivity contribution in [3.05, 3.63) is 133 Å². The lowest BCUT2D eigenvalue weighted by atomic mass is 10.2. The Bertz CT molecular complexity index is 2670. The Balaban J connectivity index is 1.38. The van der Waals surface area contributed by atoms with Gasteiger partial charge in [0.05, 0.1) is 25.9 Å². The van der Waals surface area contributed by atoms with Gasteiger partial charge in [-0.25, -0.2) is 0 Å². The van der Waals surface area contributed by atoms with Crippen LogP contribution in [-0.2, 0) is 56.2 Å². The molecule has 5 aromatic rings. The van der Waals surface area contributed by atoms with E-state index in [1.807, 2.05) is 6.92 Å². The van der Waals surface area contributed by atoms with Crippen LogP contribution in [-0.4, -0.2) is 168 Å². The molecule has 1 aromatic heterocycles. The Morgan fingerprint density at radius 2 is 0.819 bits per heavy atom. The largest absolute Gasteiger partial charge is 0.383 e. The molecule has 0 saturated heterocycles. The Hall–Kier alpha value is -8.26. The van der Waals surface area contributed by atoms with Gasteiger partial charge in [0.25, 0.3) is 0 Å². The van der Waals surface area contributed by atoms with Crippen molar-refractivity contribution in [1.29, 1.82) is 0 Å². The van der Waals surface area contributed by atoms with E-state index in [0.717, 1.165) is 0 Å². The average molecular weight is 982 g/mol. The molecule has 0 fully saturated rings. The number of hydrogen-bond acceptors (Lipinski definition) is 11. The lowest BCUT2D eigenvalue weighted by Gasteiger charge is -2.33. The molecule has 376 valence electrons. The standard InChI is InChI=1S/C52H59N11O9/c1-3-25-55-34-49(68)62(43-21-12-6-13-22-43)38-51(70)60(41-17-8-4-9-18-41)36-47(66)56-26-16-27-59-31-40(53-54-59)30-58(33-46(55)65)48(67)37-61(42-19-10-5-11-20-42)52(71)39-63(44-23-14-7-15-24-44)50(69)35-57(28-29-72-2)45(64)32-56/h4-15,17-24,31H,3,16,25-30,32-39H2,1-2H3. The second kappa shape index (κ2) is 25.0. The number of ether oxygens (including phenoxy) is 1. The van der Waals surface area contributed by atoms with Crippen molar-refractivity contribution in [2.75, 3.05) is 105 Å². The molecule has 20 nitrogen and oxygen atoms in total. The lowest BCUT2D eigenvalue weighted by molar-refractivity contribution is -0.142. The van der Waals surface area contributed by atoms with Gasteiger partial charge >= 0.3 is 0 Å². The highest BCUT2D eigenvalue weighted by atomic mass is 16.5. The van der Waals surface area contributed by atoms with Crippen LogP contribution < -0.4 is 19.6 Å². The molecule has 0 atom stereocenters. The van der Waals surface area contributed by atoms with Crippen LogP contribution in [0.4, 0.5) is 22.7 Å². The van der Waals surface area contributed by atoms with Crippen molar-refractivity contribution in [2.45, 2.75) is 32.9 Å². The number of benzene rings is 4. The van der Waals surface area contributed by atoms with Gasteiger partial charge in [0, 0.05) is 56.0 Å². The summed E-state index contributed by atoms with van der Waals surface area (Å²) in [6.07, 6.45) is 2.29. The van der Waals surface area contributed by atoms with Gasteiger partial charge in [0.1, 0.15) is 51.5 Å². The maximum atomic E-state index is 14.9. The van der Waals surface area contributed by atoms with Gasteiger partial charge in [0.2, 0.25) is 47.3 Å². The lowest BCUT2D eigenvalue weighted by Crippen LogP contribution is -2.54. The second-order valence-corrected chi connectivity index (χ2v) is 17.3. The molecule has 0 spiro atoms. The number of nitrogens with zero attached hydrogens (tertiary/aromatic N) is 11. The fourth-order valence-electron chi connectivity index (χ4n) is 8.38. The molecule has 0 N–H and O–H groups in total. The number of anilines is 4. The minimum atomic E-state index is -0.657. The third kappa shape index (κ3) is 13.5. The van der Waals surface area contributed by atoms with E-state index < -0.39 is 99.6 Å². The highest BCUT2D eigenvalue weighted by Crippen LogP contribution is 2.22. The van der Waals surface area contributed by atoms with Crippen LogP contribution in [0.1, 0.15) is 25.5 Å². The Labute approximate surface area is 417 Å². The van der Waals surface area contributed by atoms with Crippen molar-refractivity contribution in [1.82, 2.24) is 34.6 Å². The van der Waals surface area contributed by atoms with Gasteiger partial charge in [-0.15, -0.1) is 5.10 Å². The van der Waals surface area contributed by atoms with E-state index in [1.54, 1.807) is 128 Å². The zero-order valence-corrected chi connectivity index (χ0v) is 40.5. The molecule has 20 heteroatoms. The van der Waals surface area contributed by atoms with E-state index >= 15 is 0 Å². The Morgan fingerprint density at radius 3 is 1.25 bits per heavy atom. The number of carbonyl (C=O) groups excluding carboxylic acids is 8. The zero-order chi connectivity index (χ0) is 51.0. The molecule has 8 amide bonds. The predicted molar refractivity (Wildman–Crippen MR) is 267 cm³/mol. The van der Waals surface area contributed by atoms with Crippen LogP contribution in [0.3, 0.4) is 0 Å². The minimum absolute atomic E-state index is 0.0103. The smallest absolute Gasteiger partial charge is 0.247 e. The van der Waals surface area contributed by atoms with Gasteiger partial charge in [-0.1, -0.05) is 84.9 Å². The summed E-state index contributed by atoms with van der Waals surface area (Å²) in [5.74, 6) is -5.00. The minimum Gasteiger partial charge on any atom is -0.383 e. The van der Waals surface area contributed by atoms with Gasteiger partial charge in [0.15, 0.2) is 0 Å². The summed E-state index contributed by atoms with van der Waals surface area (Å²) >= 11 is 0. The normalized spacial score (nSPS) is 17.2. The topological polar surface area (TPSA) is 202 Å². The monoisotopic (exact) mass is 981 g/mol. The number of amides is 8. The fraction of sp³-hybridized carbons (Fsp3) is 0.346. The average Bonchev–Trinajstić information content (AvgIpc) is 3.85. The van der Waals surface area contributed by atoms with E-state index in [-0.39, 0.29) is 45.8 Å². The molecule has 0 saturated carbocycles. The van der Waals surface area contributed by atoms with Crippen molar-refractivity contribution in [3.8, 4) is 0 Å². The van der Waals surface area contributed by atoms with Crippen LogP contribution >= 0.6 is 0 Å². The molecule has 0 unspecified atom stereocenters. The van der Waals surface area contributed by atoms with Crippen molar-refractivity contribution >= 4 is 70.0 Å². The third-order valence-corrected chi connectivity index (χ3v) is 12.2. The van der Waals surface area contributed by atoms with E-state index in [2.05, 4.69) is 10.3 Å². The summed E-state index contributed by atoms with van der Waals surface area (Å²) in [5.41, 5.74) is 1.69. The van der Waals surface area contributed by atoms with Crippen molar-refractivity contribution in [3.63, 3.8) is 0 Å². The highest BCUT2D eigenvalue weighted by molar-refractivity contribution is 6.08. The Morgan fingerprint density at radius 1 is 0.431 bits per heavy atom. The number of hydrogen-bond donors (Lipinski definition) is 0. The van der Waals surface area contributed by atoms with E-state index in [1.165, 1.54) is 51.0 Å². The first kappa shape index (κ1) is 51.6. The number of fused-ring (bicyclic) bond motifs is 4. The van der Waals surface area contributed by atoms with Gasteiger partial charge in [-0.2, -0.15) is 0 Å². The number of carbonyl (C=O) groups is 8. The summed E-state index contributed by atoms with van der Waals surface area (Å²) in [5, 5.41) is 8.61. The number of para-hydroxylation sites is 4. The molecular weight excluding hydrogens is 923 g/mol. The van der Waals surface area contributed by atoms with E-state index in [4.69, 9.17) is 4.74 Å². The molecule has 4 bridgehead atoms. The van der Waals surface area contributed by atoms with Crippen molar-refractivity contribution < 1.29 is 43.1 Å². The SMILES string of the molecule is CCCN1CC(=O)N(c2ccccc2)CC(=O)N(c2ccccc2)CC(=O)N2CCCn3cc(nn3)CN(CC1=O)C(=O)CN(c1ccccc1)C(=O)CN(c1ccccc1)C(=O)CN(CCOC)C(=O)C2. The molecule has 2 aliphatic heterocycles. The summed E-state index contributed by atoms with van der Waals surface area (Å²) in [6, 6.07) is 33.8. The molecule has 3 heterocycles. The number of aromatic nitrogens is 3. The predicted octanol–water partition coefficient (Wildman–Crippen LogP) is 2.70.